The first-order valence-corrected chi connectivity index (χ1v) is 4.56. The molecule has 1 unspecified atom stereocenters. The van der Waals surface area contributed by atoms with E-state index in [0.717, 1.165) is 12.3 Å². The van der Waals surface area contributed by atoms with Crippen LogP contribution < -0.4 is 0 Å². The normalized spacial score (nSPS) is 21.9. The second-order valence-electron chi connectivity index (χ2n) is 3.80. The van der Waals surface area contributed by atoms with Crippen LogP contribution in [0.15, 0.2) is 18.2 Å². The molecular formula is C11H14O. The smallest absolute Gasteiger partial charge is 0.115 e. The molecule has 0 heterocycles. The summed E-state index contributed by atoms with van der Waals surface area (Å²) in [6.07, 6.45) is 3.60. The monoisotopic (exact) mass is 162 g/mol. The minimum atomic E-state index is 0.405. The lowest BCUT2D eigenvalue weighted by molar-refractivity contribution is 0.466. The van der Waals surface area contributed by atoms with Crippen molar-refractivity contribution in [3.63, 3.8) is 0 Å². The first-order chi connectivity index (χ1) is 5.75. The fourth-order valence-corrected chi connectivity index (χ4v) is 1.93. The lowest BCUT2D eigenvalue weighted by Crippen LogP contribution is -2.10. The highest BCUT2D eigenvalue weighted by Gasteiger charge is 2.14. The van der Waals surface area contributed by atoms with Crippen molar-refractivity contribution < 1.29 is 5.11 Å². The number of aromatic hydroxyl groups is 1. The molecule has 0 aromatic heterocycles. The van der Waals surface area contributed by atoms with Crippen molar-refractivity contribution in [3.8, 4) is 5.75 Å². The Morgan fingerprint density at radius 2 is 2.17 bits per heavy atom. The van der Waals surface area contributed by atoms with Gasteiger partial charge in [-0.25, -0.2) is 0 Å². The molecule has 1 nitrogen and oxygen atoms in total. The molecule has 0 saturated carbocycles. The Bertz CT molecular complexity index is 291. The van der Waals surface area contributed by atoms with Crippen LogP contribution >= 0.6 is 0 Å². The molecule has 0 aliphatic heterocycles. The third kappa shape index (κ3) is 1.31. The summed E-state index contributed by atoms with van der Waals surface area (Å²) in [5.74, 6) is 1.18. The van der Waals surface area contributed by atoms with Gasteiger partial charge in [0.05, 0.1) is 0 Å². The third-order valence-electron chi connectivity index (χ3n) is 2.66. The van der Waals surface area contributed by atoms with Crippen LogP contribution in [0.5, 0.6) is 5.75 Å². The molecule has 1 N–H and O–H groups in total. The van der Waals surface area contributed by atoms with Crippen LogP contribution in [-0.4, -0.2) is 5.11 Å². The molecule has 64 valence electrons. The Hall–Kier alpha value is -0.980. The number of phenols is 1. The summed E-state index contributed by atoms with van der Waals surface area (Å²) in [6, 6.07) is 5.75. The number of hydrogen-bond donors (Lipinski definition) is 1. The Morgan fingerprint density at radius 3 is 3.00 bits per heavy atom. The average Bonchev–Trinajstić information content (AvgIpc) is 2.03. The molecular weight excluding hydrogens is 148 g/mol. The first-order valence-electron chi connectivity index (χ1n) is 4.56. The molecule has 1 aliphatic rings. The molecule has 0 saturated heterocycles. The van der Waals surface area contributed by atoms with Gasteiger partial charge in [0.15, 0.2) is 0 Å². The van der Waals surface area contributed by atoms with E-state index in [1.54, 1.807) is 6.07 Å². The van der Waals surface area contributed by atoms with Crippen LogP contribution in [0.3, 0.4) is 0 Å². The van der Waals surface area contributed by atoms with Gasteiger partial charge in [0.25, 0.3) is 0 Å². The van der Waals surface area contributed by atoms with Gasteiger partial charge in [-0.1, -0.05) is 13.0 Å². The van der Waals surface area contributed by atoms with E-state index in [1.807, 2.05) is 6.07 Å². The fraction of sp³-hybridized carbons (Fsp3) is 0.455. The minimum Gasteiger partial charge on any atom is -0.508 e. The molecule has 1 aromatic rings. The molecule has 12 heavy (non-hydrogen) atoms. The summed E-state index contributed by atoms with van der Waals surface area (Å²) in [7, 11) is 0. The number of aryl methyl sites for hydroxylation is 1. The number of phenolic OH excluding ortho intramolecular Hbond substituents is 1. The lowest BCUT2D eigenvalue weighted by Gasteiger charge is -2.21. The van der Waals surface area contributed by atoms with Crippen LogP contribution in [0, 0.1) is 5.92 Å². The van der Waals surface area contributed by atoms with E-state index in [2.05, 4.69) is 13.0 Å². The van der Waals surface area contributed by atoms with Crippen molar-refractivity contribution in [1.82, 2.24) is 0 Å². The molecule has 1 aliphatic carbocycles. The zero-order valence-corrected chi connectivity index (χ0v) is 7.38. The lowest BCUT2D eigenvalue weighted by atomic mass is 9.85. The predicted octanol–water partition coefficient (Wildman–Crippen LogP) is 2.52. The molecule has 1 atom stereocenters. The van der Waals surface area contributed by atoms with Gasteiger partial charge >= 0.3 is 0 Å². The molecule has 0 bridgehead atoms. The quantitative estimate of drug-likeness (QED) is 0.621. The van der Waals surface area contributed by atoms with Gasteiger partial charge in [0.2, 0.25) is 0 Å². The fourth-order valence-electron chi connectivity index (χ4n) is 1.93. The maximum atomic E-state index is 9.27. The average molecular weight is 162 g/mol. The van der Waals surface area contributed by atoms with Gasteiger partial charge in [-0.05, 0) is 48.4 Å². The van der Waals surface area contributed by atoms with Gasteiger partial charge in [-0.3, -0.25) is 0 Å². The highest BCUT2D eigenvalue weighted by Crippen LogP contribution is 2.27. The Labute approximate surface area is 73.0 Å². The van der Waals surface area contributed by atoms with E-state index in [4.69, 9.17) is 0 Å². The van der Waals surface area contributed by atoms with E-state index >= 15 is 0 Å². The molecule has 0 amide bonds. The summed E-state index contributed by atoms with van der Waals surface area (Å²) < 4.78 is 0. The summed E-state index contributed by atoms with van der Waals surface area (Å²) in [6.45, 7) is 2.27. The second-order valence-corrected chi connectivity index (χ2v) is 3.80. The van der Waals surface area contributed by atoms with Crippen molar-refractivity contribution in [1.29, 1.82) is 0 Å². The van der Waals surface area contributed by atoms with Crippen molar-refractivity contribution in [2.45, 2.75) is 26.2 Å². The maximum absolute atomic E-state index is 9.27. The molecule has 0 spiro atoms. The minimum absolute atomic E-state index is 0.405. The van der Waals surface area contributed by atoms with Crippen LogP contribution in [0.4, 0.5) is 0 Å². The number of rotatable bonds is 0. The van der Waals surface area contributed by atoms with E-state index in [9.17, 15) is 5.11 Å². The van der Waals surface area contributed by atoms with E-state index in [0.29, 0.717) is 5.75 Å². The summed E-state index contributed by atoms with van der Waals surface area (Å²) in [5, 5.41) is 9.27. The Kier molecular flexibility index (Phi) is 1.80. The SMILES string of the molecule is CC1CCc2ccc(O)cc2C1. The molecule has 0 radical (unpaired) electrons. The Balaban J connectivity index is 2.37. The molecule has 1 heteroatoms. The maximum Gasteiger partial charge on any atom is 0.115 e. The van der Waals surface area contributed by atoms with Gasteiger partial charge < -0.3 is 5.11 Å². The predicted molar refractivity (Wildman–Crippen MR) is 49.3 cm³/mol. The van der Waals surface area contributed by atoms with Crippen molar-refractivity contribution in [2.75, 3.05) is 0 Å². The molecule has 2 rings (SSSR count). The Morgan fingerprint density at radius 1 is 1.33 bits per heavy atom. The molecule has 0 fully saturated rings. The summed E-state index contributed by atoms with van der Waals surface area (Å²) in [5.41, 5.74) is 2.76. The zero-order valence-electron chi connectivity index (χ0n) is 7.38. The van der Waals surface area contributed by atoms with Crippen LogP contribution in [0.25, 0.3) is 0 Å². The largest absolute Gasteiger partial charge is 0.508 e. The van der Waals surface area contributed by atoms with Crippen LogP contribution in [0.1, 0.15) is 24.5 Å². The van der Waals surface area contributed by atoms with Gasteiger partial charge in [0.1, 0.15) is 5.75 Å². The van der Waals surface area contributed by atoms with Crippen LogP contribution in [0.2, 0.25) is 0 Å². The standard InChI is InChI=1S/C11H14O/c1-8-2-3-9-4-5-11(12)7-10(9)6-8/h4-5,7-8,12H,2-3,6H2,1H3. The van der Waals surface area contributed by atoms with E-state index in [1.165, 1.54) is 24.0 Å². The van der Waals surface area contributed by atoms with Gasteiger partial charge in [-0.15, -0.1) is 0 Å². The highest BCUT2D eigenvalue weighted by atomic mass is 16.3. The zero-order chi connectivity index (χ0) is 8.55. The van der Waals surface area contributed by atoms with Crippen molar-refractivity contribution in [3.05, 3.63) is 29.3 Å². The highest BCUT2D eigenvalue weighted by molar-refractivity contribution is 5.36. The topological polar surface area (TPSA) is 20.2 Å². The molecule has 1 aromatic carbocycles. The van der Waals surface area contributed by atoms with Crippen molar-refractivity contribution in [2.24, 2.45) is 5.92 Å². The summed E-state index contributed by atoms with van der Waals surface area (Å²) >= 11 is 0. The van der Waals surface area contributed by atoms with Crippen LogP contribution in [-0.2, 0) is 12.8 Å². The third-order valence-corrected chi connectivity index (χ3v) is 2.66. The first kappa shape index (κ1) is 7.66. The number of benzene rings is 1. The van der Waals surface area contributed by atoms with Crippen molar-refractivity contribution >= 4 is 0 Å². The van der Waals surface area contributed by atoms with Gasteiger partial charge in [-0.2, -0.15) is 0 Å². The van der Waals surface area contributed by atoms with E-state index < -0.39 is 0 Å². The number of fused-ring (bicyclic) bond motifs is 1. The summed E-state index contributed by atoms with van der Waals surface area (Å²) in [4.78, 5) is 0. The second kappa shape index (κ2) is 2.81. The van der Waals surface area contributed by atoms with E-state index in [-0.39, 0.29) is 0 Å². The number of hydrogen-bond acceptors (Lipinski definition) is 1. The van der Waals surface area contributed by atoms with Gasteiger partial charge in [0, 0.05) is 0 Å².